The van der Waals surface area contributed by atoms with Gasteiger partial charge in [0.05, 0.1) is 5.02 Å². The SMILES string of the molecule is CN1CCCC(NC(=O)c2nc(NN)ccc2Cl)C1. The van der Waals surface area contributed by atoms with Crippen LogP contribution < -0.4 is 16.6 Å². The summed E-state index contributed by atoms with van der Waals surface area (Å²) < 4.78 is 0. The predicted molar refractivity (Wildman–Crippen MR) is 75.0 cm³/mol. The normalized spacial score (nSPS) is 20.1. The maximum Gasteiger partial charge on any atom is 0.271 e. The van der Waals surface area contributed by atoms with Gasteiger partial charge in [-0.05, 0) is 38.6 Å². The molecule has 0 radical (unpaired) electrons. The number of rotatable bonds is 3. The van der Waals surface area contributed by atoms with E-state index in [1.165, 1.54) is 0 Å². The number of aromatic nitrogens is 1. The fourth-order valence-electron chi connectivity index (χ4n) is 2.22. The highest BCUT2D eigenvalue weighted by Crippen LogP contribution is 2.17. The number of likely N-dealkylation sites (tertiary alicyclic amines) is 1. The van der Waals surface area contributed by atoms with Crippen LogP contribution in [0.15, 0.2) is 12.1 Å². The van der Waals surface area contributed by atoms with Gasteiger partial charge in [0.25, 0.3) is 5.91 Å². The van der Waals surface area contributed by atoms with E-state index in [-0.39, 0.29) is 17.6 Å². The van der Waals surface area contributed by atoms with Gasteiger partial charge in [-0.2, -0.15) is 0 Å². The number of pyridine rings is 1. The number of hydrazine groups is 1. The van der Waals surface area contributed by atoms with E-state index in [1.807, 2.05) is 7.05 Å². The minimum atomic E-state index is -0.262. The van der Waals surface area contributed by atoms with E-state index < -0.39 is 0 Å². The maximum absolute atomic E-state index is 12.2. The second kappa shape index (κ2) is 6.18. The van der Waals surface area contributed by atoms with Gasteiger partial charge in [0.2, 0.25) is 0 Å². The zero-order valence-corrected chi connectivity index (χ0v) is 11.6. The third kappa shape index (κ3) is 3.56. The molecule has 0 aromatic carbocycles. The molecular weight excluding hydrogens is 266 g/mol. The van der Waals surface area contributed by atoms with Crippen LogP contribution in [0.5, 0.6) is 0 Å². The summed E-state index contributed by atoms with van der Waals surface area (Å²) in [4.78, 5) is 18.4. The summed E-state index contributed by atoms with van der Waals surface area (Å²) in [6.45, 7) is 1.91. The zero-order valence-electron chi connectivity index (χ0n) is 10.8. The van der Waals surface area contributed by atoms with Gasteiger partial charge in [-0.1, -0.05) is 11.6 Å². The number of piperidine rings is 1. The highest BCUT2D eigenvalue weighted by Gasteiger charge is 2.21. The second-order valence-electron chi connectivity index (χ2n) is 4.75. The number of hydrogen-bond donors (Lipinski definition) is 3. The molecule has 1 fully saturated rings. The van der Waals surface area contributed by atoms with Gasteiger partial charge >= 0.3 is 0 Å². The Morgan fingerprint density at radius 1 is 1.58 bits per heavy atom. The molecule has 104 valence electrons. The third-order valence-electron chi connectivity index (χ3n) is 3.17. The standard InChI is InChI=1S/C12H18ClN5O/c1-18-6-2-3-8(7-18)15-12(19)11-9(13)4-5-10(16-11)17-14/h4-5,8H,2-3,6-7,14H2,1H3,(H,15,19)(H,16,17). The monoisotopic (exact) mass is 283 g/mol. The Balaban J connectivity index is 2.06. The van der Waals surface area contributed by atoms with E-state index in [2.05, 4.69) is 20.6 Å². The van der Waals surface area contributed by atoms with Crippen molar-refractivity contribution in [3.8, 4) is 0 Å². The molecule has 2 heterocycles. The van der Waals surface area contributed by atoms with Gasteiger partial charge in [-0.15, -0.1) is 0 Å². The summed E-state index contributed by atoms with van der Waals surface area (Å²) >= 11 is 5.99. The van der Waals surface area contributed by atoms with Crippen LogP contribution >= 0.6 is 11.6 Å². The molecule has 0 aliphatic carbocycles. The number of anilines is 1. The van der Waals surface area contributed by atoms with Gasteiger partial charge < -0.3 is 15.6 Å². The Hall–Kier alpha value is -1.37. The molecule has 1 aliphatic rings. The number of amides is 1. The number of nitrogens with two attached hydrogens (primary N) is 1. The molecular formula is C12H18ClN5O. The van der Waals surface area contributed by atoms with Crippen LogP contribution in [0.25, 0.3) is 0 Å². The van der Waals surface area contributed by atoms with E-state index in [1.54, 1.807) is 12.1 Å². The number of carbonyl (C=O) groups excluding carboxylic acids is 1. The van der Waals surface area contributed by atoms with Crippen LogP contribution in [0.1, 0.15) is 23.3 Å². The minimum Gasteiger partial charge on any atom is -0.347 e. The first-order valence-corrected chi connectivity index (χ1v) is 6.60. The molecule has 7 heteroatoms. The van der Waals surface area contributed by atoms with Crippen LogP contribution in [0.3, 0.4) is 0 Å². The van der Waals surface area contributed by atoms with Crippen molar-refractivity contribution < 1.29 is 4.79 Å². The molecule has 1 atom stereocenters. The Kier molecular flexibility index (Phi) is 4.57. The van der Waals surface area contributed by atoms with Crippen LogP contribution in [0, 0.1) is 0 Å². The van der Waals surface area contributed by atoms with Gasteiger partial charge in [-0.3, -0.25) is 4.79 Å². The molecule has 1 saturated heterocycles. The molecule has 19 heavy (non-hydrogen) atoms. The lowest BCUT2D eigenvalue weighted by Gasteiger charge is -2.30. The van der Waals surface area contributed by atoms with Crippen molar-refractivity contribution in [1.29, 1.82) is 0 Å². The van der Waals surface area contributed by atoms with E-state index >= 15 is 0 Å². The maximum atomic E-state index is 12.2. The molecule has 1 unspecified atom stereocenters. The number of halogens is 1. The number of likely N-dealkylation sites (N-methyl/N-ethyl adjacent to an activating group) is 1. The lowest BCUT2D eigenvalue weighted by molar-refractivity contribution is 0.0908. The van der Waals surface area contributed by atoms with E-state index in [0.717, 1.165) is 25.9 Å². The summed E-state index contributed by atoms with van der Waals surface area (Å²) in [7, 11) is 2.04. The van der Waals surface area contributed by atoms with Crippen molar-refractivity contribution in [2.24, 2.45) is 5.84 Å². The summed E-state index contributed by atoms with van der Waals surface area (Å²) in [5, 5.41) is 3.28. The van der Waals surface area contributed by atoms with Crippen molar-refractivity contribution in [3.05, 3.63) is 22.8 Å². The lowest BCUT2D eigenvalue weighted by Crippen LogP contribution is -2.46. The van der Waals surface area contributed by atoms with Crippen molar-refractivity contribution >= 4 is 23.3 Å². The minimum absolute atomic E-state index is 0.138. The molecule has 6 nitrogen and oxygen atoms in total. The molecule has 1 aromatic heterocycles. The number of nitrogen functional groups attached to an aromatic ring is 1. The second-order valence-corrected chi connectivity index (χ2v) is 5.15. The molecule has 4 N–H and O–H groups in total. The Morgan fingerprint density at radius 2 is 2.37 bits per heavy atom. The molecule has 2 rings (SSSR count). The summed E-state index contributed by atoms with van der Waals surface area (Å²) in [6, 6.07) is 3.36. The van der Waals surface area contributed by atoms with Crippen LogP contribution in [-0.4, -0.2) is 42.0 Å². The Morgan fingerprint density at radius 3 is 3.05 bits per heavy atom. The highest BCUT2D eigenvalue weighted by molar-refractivity contribution is 6.33. The van der Waals surface area contributed by atoms with Gasteiger partial charge in [-0.25, -0.2) is 10.8 Å². The van der Waals surface area contributed by atoms with Crippen molar-refractivity contribution in [1.82, 2.24) is 15.2 Å². The average Bonchev–Trinajstić information content (AvgIpc) is 2.39. The third-order valence-corrected chi connectivity index (χ3v) is 3.47. The lowest BCUT2D eigenvalue weighted by atomic mass is 10.1. The molecule has 1 aliphatic heterocycles. The van der Waals surface area contributed by atoms with Crippen molar-refractivity contribution in [2.45, 2.75) is 18.9 Å². The van der Waals surface area contributed by atoms with E-state index in [4.69, 9.17) is 17.4 Å². The smallest absolute Gasteiger partial charge is 0.271 e. The molecule has 1 aromatic rings. The Labute approximate surface area is 117 Å². The average molecular weight is 284 g/mol. The fourth-order valence-corrected chi connectivity index (χ4v) is 2.41. The molecule has 0 saturated carbocycles. The summed E-state index contributed by atoms with van der Waals surface area (Å²) in [5.74, 6) is 5.43. The predicted octanol–water partition coefficient (Wildman–Crippen LogP) is 0.845. The van der Waals surface area contributed by atoms with Crippen LogP contribution in [0.2, 0.25) is 5.02 Å². The number of carbonyl (C=O) groups is 1. The van der Waals surface area contributed by atoms with E-state index in [0.29, 0.717) is 10.8 Å². The molecule has 0 bridgehead atoms. The quantitative estimate of drug-likeness (QED) is 0.566. The van der Waals surface area contributed by atoms with Gasteiger partial charge in [0, 0.05) is 12.6 Å². The largest absolute Gasteiger partial charge is 0.347 e. The van der Waals surface area contributed by atoms with Crippen molar-refractivity contribution in [2.75, 3.05) is 25.6 Å². The summed E-state index contributed by atoms with van der Waals surface area (Å²) in [5.41, 5.74) is 2.60. The van der Waals surface area contributed by atoms with Crippen LogP contribution in [-0.2, 0) is 0 Å². The molecule has 0 spiro atoms. The fraction of sp³-hybridized carbons (Fsp3) is 0.500. The first-order valence-electron chi connectivity index (χ1n) is 6.22. The number of hydrogen-bond acceptors (Lipinski definition) is 5. The van der Waals surface area contributed by atoms with Gasteiger partial charge in [0.15, 0.2) is 0 Å². The number of nitrogens with zero attached hydrogens (tertiary/aromatic N) is 2. The number of nitrogens with one attached hydrogen (secondary N) is 2. The topological polar surface area (TPSA) is 83.3 Å². The first kappa shape index (κ1) is 14.0. The van der Waals surface area contributed by atoms with E-state index in [9.17, 15) is 4.79 Å². The Bertz CT molecular complexity index is 467. The highest BCUT2D eigenvalue weighted by atomic mass is 35.5. The van der Waals surface area contributed by atoms with Crippen LogP contribution in [0.4, 0.5) is 5.82 Å². The van der Waals surface area contributed by atoms with Crippen molar-refractivity contribution in [3.63, 3.8) is 0 Å². The van der Waals surface area contributed by atoms with Gasteiger partial charge in [0.1, 0.15) is 11.5 Å². The first-order chi connectivity index (χ1) is 9.10. The summed E-state index contributed by atoms with van der Waals surface area (Å²) in [6.07, 6.45) is 2.05. The zero-order chi connectivity index (χ0) is 13.8. The molecule has 1 amide bonds.